The van der Waals surface area contributed by atoms with Crippen molar-refractivity contribution in [3.05, 3.63) is 72.4 Å². The molecule has 15 rings (SSSR count). The van der Waals surface area contributed by atoms with Gasteiger partial charge >= 0.3 is 6.09 Å². The van der Waals surface area contributed by atoms with Gasteiger partial charge in [0.05, 0.1) is 58.9 Å². The minimum atomic E-state index is -0.581. The number of hydrogen-bond acceptors (Lipinski definition) is 15. The van der Waals surface area contributed by atoms with Crippen LogP contribution in [0, 0.1) is 93.7 Å². The number of nitrogens with one attached hydrogen (secondary N) is 1. The maximum Gasteiger partial charge on any atom is 0.409 e. The molecule has 13 atom stereocenters. The fourth-order valence-corrected chi connectivity index (χ4v) is 14.6. The Morgan fingerprint density at radius 2 is 1.36 bits per heavy atom. The number of rotatable bonds is 3. The lowest BCUT2D eigenvalue weighted by molar-refractivity contribution is -0.189. The van der Waals surface area contributed by atoms with E-state index in [0.29, 0.717) is 98.7 Å². The van der Waals surface area contributed by atoms with Crippen molar-refractivity contribution in [3.63, 3.8) is 0 Å². The number of nitrogens with zero attached hydrogens (tertiary/aromatic N) is 3. The zero-order valence-corrected chi connectivity index (χ0v) is 46.9. The summed E-state index contributed by atoms with van der Waals surface area (Å²) in [6.45, 7) is 13.4. The van der Waals surface area contributed by atoms with E-state index in [2.05, 4.69) is 78.7 Å². The molecule has 6 saturated carbocycles. The van der Waals surface area contributed by atoms with Crippen LogP contribution >= 0.6 is 23.2 Å². The lowest BCUT2D eigenvalue weighted by Crippen LogP contribution is -2.41. The monoisotopic (exact) mass is 1120 g/mol. The molecule has 11 fully saturated rings. The van der Waals surface area contributed by atoms with Gasteiger partial charge in [0.1, 0.15) is 27.5 Å². The molecule has 3 N–H and O–H groups in total. The average molecular weight is 1120 g/mol. The molecule has 1 amide bonds. The summed E-state index contributed by atoms with van der Waals surface area (Å²) in [4.78, 5) is 34.7. The third-order valence-electron chi connectivity index (χ3n) is 17.9. The maximum atomic E-state index is 11.4. The SMILES string of the molecule is C1=CC2CC1CC21OCCO1.C1=CCC=C1.C1COC2(CC3CNCC2C3)O1.C=C(Cl)C#N.CCOC(=O)N1CC2CC(=O)C(C2)C1.N#CC1(Cl)CC2C=CC1C2.O=C1CC2C=CC1C2.OCC1CC(CO)C2(C1)OCCO2. The Morgan fingerprint density at radius 3 is 1.79 bits per heavy atom. The van der Waals surface area contributed by atoms with Crippen LogP contribution in [0.15, 0.2) is 72.4 Å². The summed E-state index contributed by atoms with van der Waals surface area (Å²) in [6, 6.07) is 3.78. The van der Waals surface area contributed by atoms with E-state index in [9.17, 15) is 14.4 Å². The molecule has 15 aliphatic rings. The van der Waals surface area contributed by atoms with Crippen molar-refractivity contribution in [1.82, 2.24) is 10.2 Å². The van der Waals surface area contributed by atoms with E-state index < -0.39 is 10.7 Å². The minimum Gasteiger partial charge on any atom is -0.450 e. The standard InChI is InChI=1S/C10H15NO3.C9H15NO2.C9H16O4.C9H12O2.C8H8ClN.C7H8O.C5H6.C3H2ClN/c1-2-14-10(13)11-5-7-3-8(6-11)9(12)4-7;1-2-12-9(11-1)4-7-3-8(9)6-10-5-7;10-5-7-3-8(6-11)9(4-7)12-1-2-13-9;1-2-8-5-7(1)6-9(8)10-3-4-11-9;9-8(5-10)4-6-1-2-7(8)3-6;8-7-4-5-1-2-6(7)3-5;1-2-4-5-3-1;1-3(4)2-5/h7-8H,2-6H2,1H3;7-8,10H,1-6H2;7-8,10-11H,1-6H2;1-2,7-8H,3-6H2;1-2,6-7H,3-4H2;1-2,5-6H,3-4H2;1-4H,5H2;1H2. The summed E-state index contributed by atoms with van der Waals surface area (Å²) in [5, 5.41) is 38.1. The number of aliphatic hydroxyl groups is 2. The van der Waals surface area contributed by atoms with Crippen molar-refractivity contribution in [2.45, 2.75) is 113 Å². The molecule has 10 bridgehead atoms. The molecule has 428 valence electrons. The Hall–Kier alpha value is -3.75. The highest BCUT2D eigenvalue weighted by molar-refractivity contribution is 6.31. The second-order valence-electron chi connectivity index (χ2n) is 23.3. The van der Waals surface area contributed by atoms with Crippen LogP contribution in [-0.2, 0) is 42.7 Å². The number of Topliss-reactive ketones (excluding diaryl/α,β-unsaturated/α-hetero) is 2. The van der Waals surface area contributed by atoms with Crippen molar-refractivity contribution in [2.24, 2.45) is 71.0 Å². The van der Waals surface area contributed by atoms with Crippen molar-refractivity contribution in [2.75, 3.05) is 85.6 Å². The first-order valence-electron chi connectivity index (χ1n) is 28.6. The zero-order chi connectivity index (χ0) is 55.3. The first kappa shape index (κ1) is 60.3. The van der Waals surface area contributed by atoms with E-state index in [1.807, 2.05) is 0 Å². The second-order valence-corrected chi connectivity index (χ2v) is 24.4. The summed E-state index contributed by atoms with van der Waals surface area (Å²) >= 11 is 10.9. The van der Waals surface area contributed by atoms with Crippen LogP contribution in [0.2, 0.25) is 0 Å². The largest absolute Gasteiger partial charge is 0.450 e. The molecule has 0 radical (unpaired) electrons. The highest BCUT2D eigenvalue weighted by Gasteiger charge is 2.55. The van der Waals surface area contributed by atoms with Crippen molar-refractivity contribution in [1.29, 1.82) is 10.5 Å². The van der Waals surface area contributed by atoms with Gasteiger partial charge in [-0.3, -0.25) is 9.59 Å². The average Bonchev–Trinajstić information content (AvgIpc) is 4.30. The predicted octanol–water partition coefficient (Wildman–Crippen LogP) is 8.48. The van der Waals surface area contributed by atoms with Crippen LogP contribution in [-0.4, -0.2) is 141 Å². The number of amides is 1. The summed E-state index contributed by atoms with van der Waals surface area (Å²) in [5.74, 6) is 5.09. The van der Waals surface area contributed by atoms with E-state index in [-0.39, 0.29) is 53.7 Å². The van der Waals surface area contributed by atoms with Gasteiger partial charge in [0.2, 0.25) is 0 Å². The van der Waals surface area contributed by atoms with Crippen LogP contribution < -0.4 is 5.32 Å². The number of nitriles is 2. The van der Waals surface area contributed by atoms with E-state index >= 15 is 0 Å². The molecule has 0 aromatic carbocycles. The number of alkyl halides is 1. The molecule has 13 unspecified atom stereocenters. The Balaban J connectivity index is 0.000000120. The van der Waals surface area contributed by atoms with Gasteiger partial charge in [-0.2, -0.15) is 10.5 Å². The Labute approximate surface area is 471 Å². The van der Waals surface area contributed by atoms with Gasteiger partial charge in [-0.15, -0.1) is 11.6 Å². The second kappa shape index (κ2) is 27.8. The molecular weight excluding hydrogens is 1040 g/mol. The van der Waals surface area contributed by atoms with Crippen LogP contribution in [0.3, 0.4) is 0 Å². The smallest absolute Gasteiger partial charge is 0.409 e. The van der Waals surface area contributed by atoms with E-state index in [4.69, 9.17) is 77.1 Å². The summed E-state index contributed by atoms with van der Waals surface area (Å²) in [7, 11) is 0. The molecule has 18 heteroatoms. The number of carbonyl (C=O) groups is 3. The number of halogens is 2. The number of ketones is 2. The Kier molecular flexibility index (Phi) is 21.5. The molecule has 10 aliphatic carbocycles. The van der Waals surface area contributed by atoms with Crippen LogP contribution in [0.25, 0.3) is 0 Å². The fourth-order valence-electron chi connectivity index (χ4n) is 14.2. The summed E-state index contributed by atoms with van der Waals surface area (Å²) in [5.41, 5.74) is 0. The molecule has 5 saturated heterocycles. The van der Waals surface area contributed by atoms with Gasteiger partial charge in [0.25, 0.3) is 0 Å². The van der Waals surface area contributed by atoms with Crippen molar-refractivity contribution in [3.8, 4) is 12.1 Å². The molecule has 0 aromatic heterocycles. The molecule has 0 aromatic rings. The Morgan fingerprint density at radius 1 is 0.731 bits per heavy atom. The number of aliphatic hydroxyl groups excluding tert-OH is 2. The molecule has 5 heterocycles. The van der Waals surface area contributed by atoms with Gasteiger partial charge in [0, 0.05) is 93.9 Å². The first-order chi connectivity index (χ1) is 37.7. The van der Waals surface area contributed by atoms with Crippen LogP contribution in [0.5, 0.6) is 0 Å². The van der Waals surface area contributed by atoms with E-state index in [1.165, 1.54) is 12.8 Å². The third kappa shape index (κ3) is 14.8. The minimum absolute atomic E-state index is 0.0324. The fraction of sp³-hybridized carbons (Fsp3) is 0.717. The lowest BCUT2D eigenvalue weighted by Gasteiger charge is -2.29. The van der Waals surface area contributed by atoms with Gasteiger partial charge in [-0.1, -0.05) is 78.9 Å². The first-order valence-corrected chi connectivity index (χ1v) is 29.4. The van der Waals surface area contributed by atoms with E-state index in [1.54, 1.807) is 17.9 Å². The van der Waals surface area contributed by atoms with Gasteiger partial charge in [-0.05, 0) is 100 Å². The Bertz CT molecular complexity index is 2300. The van der Waals surface area contributed by atoms with Gasteiger partial charge in [-0.25, -0.2) is 4.79 Å². The van der Waals surface area contributed by atoms with Crippen molar-refractivity contribution >= 4 is 40.9 Å². The van der Waals surface area contributed by atoms with Gasteiger partial charge < -0.3 is 53.6 Å². The quantitative estimate of drug-likeness (QED) is 0.137. The maximum absolute atomic E-state index is 11.4. The molecule has 3 spiro atoms. The normalized spacial score (nSPS) is 36.9. The third-order valence-corrected chi connectivity index (χ3v) is 18.5. The van der Waals surface area contributed by atoms with E-state index in [0.717, 1.165) is 109 Å². The molecular formula is C60H82Cl2N4O12. The van der Waals surface area contributed by atoms with Crippen LogP contribution in [0.1, 0.15) is 90.4 Å². The topological polar surface area (TPSA) is 219 Å². The summed E-state index contributed by atoms with van der Waals surface area (Å²) < 4.78 is 38.8. The number of fused-ring (bicyclic) bond motifs is 12. The lowest BCUT2D eigenvalue weighted by atomic mass is 9.94. The zero-order valence-electron chi connectivity index (χ0n) is 45.4. The molecule has 16 nitrogen and oxygen atoms in total. The number of allylic oxidation sites excluding steroid dienone is 10. The predicted molar refractivity (Wildman–Crippen MR) is 292 cm³/mol. The van der Waals surface area contributed by atoms with Gasteiger partial charge in [0.15, 0.2) is 17.4 Å². The number of piperidine rings is 2. The van der Waals surface area contributed by atoms with Crippen LogP contribution in [0.4, 0.5) is 4.79 Å². The number of carbonyl (C=O) groups excluding carboxylic acids is 3. The number of likely N-dealkylation sites (tertiary alicyclic amines) is 1. The molecule has 78 heavy (non-hydrogen) atoms. The van der Waals surface area contributed by atoms with Crippen molar-refractivity contribution < 1.29 is 57.8 Å². The molecule has 5 aliphatic heterocycles. The number of ether oxygens (including phenoxy) is 7. The number of hydrogen-bond donors (Lipinski definition) is 3. The highest BCUT2D eigenvalue weighted by atomic mass is 35.5. The highest BCUT2D eigenvalue weighted by Crippen LogP contribution is 2.52. The summed E-state index contributed by atoms with van der Waals surface area (Å²) in [6.07, 6.45) is 34.1.